The number of piperidine rings is 1. The van der Waals surface area contributed by atoms with Crippen LogP contribution >= 0.6 is 0 Å². The summed E-state index contributed by atoms with van der Waals surface area (Å²) >= 11 is 0. The second kappa shape index (κ2) is 4.96. The molecule has 4 heteroatoms. The highest BCUT2D eigenvalue weighted by atomic mass is 16.5. The zero-order valence-corrected chi connectivity index (χ0v) is 9.48. The Balaban J connectivity index is 2.19. The zero-order chi connectivity index (χ0) is 11.4. The summed E-state index contributed by atoms with van der Waals surface area (Å²) in [5.41, 5.74) is 0.562. The summed E-state index contributed by atoms with van der Waals surface area (Å²) < 4.78 is 5.10. The normalized spacial score (nSPS) is 15.9. The predicted molar refractivity (Wildman–Crippen MR) is 60.5 cm³/mol. The van der Waals surface area contributed by atoms with E-state index >= 15 is 0 Å². The number of hydrogen-bond acceptors (Lipinski definition) is 3. The van der Waals surface area contributed by atoms with Crippen molar-refractivity contribution >= 4 is 5.91 Å². The van der Waals surface area contributed by atoms with Gasteiger partial charge in [0, 0.05) is 19.3 Å². The fourth-order valence-corrected chi connectivity index (χ4v) is 1.98. The third-order valence-corrected chi connectivity index (χ3v) is 2.84. The second-order valence-corrected chi connectivity index (χ2v) is 3.91. The molecule has 0 aromatic carbocycles. The van der Waals surface area contributed by atoms with Crippen LogP contribution < -0.4 is 4.74 Å². The number of carbonyl (C=O) groups is 1. The van der Waals surface area contributed by atoms with Gasteiger partial charge < -0.3 is 9.64 Å². The van der Waals surface area contributed by atoms with Gasteiger partial charge in [-0.1, -0.05) is 0 Å². The number of ether oxygens (including phenoxy) is 1. The number of carbonyl (C=O) groups excluding carboxylic acids is 1. The van der Waals surface area contributed by atoms with Gasteiger partial charge in [-0.2, -0.15) is 0 Å². The van der Waals surface area contributed by atoms with E-state index in [0.717, 1.165) is 25.9 Å². The number of aromatic nitrogens is 1. The number of rotatable bonds is 2. The molecule has 1 aliphatic rings. The monoisotopic (exact) mass is 220 g/mol. The molecule has 1 saturated heterocycles. The minimum atomic E-state index is 0.0321. The average molecular weight is 220 g/mol. The van der Waals surface area contributed by atoms with E-state index in [1.165, 1.54) is 13.5 Å². The highest BCUT2D eigenvalue weighted by molar-refractivity contribution is 5.96. The number of hydrogen-bond donors (Lipinski definition) is 0. The lowest BCUT2D eigenvalue weighted by Crippen LogP contribution is -2.35. The first-order valence-corrected chi connectivity index (χ1v) is 5.61. The van der Waals surface area contributed by atoms with Crippen molar-refractivity contribution in [3.63, 3.8) is 0 Å². The molecule has 0 bridgehead atoms. The summed E-state index contributed by atoms with van der Waals surface area (Å²) in [7, 11) is 1.54. The Morgan fingerprint density at radius 3 is 2.81 bits per heavy atom. The first-order valence-electron chi connectivity index (χ1n) is 5.61. The highest BCUT2D eigenvalue weighted by Gasteiger charge is 2.21. The van der Waals surface area contributed by atoms with Crippen molar-refractivity contribution in [1.29, 1.82) is 0 Å². The highest BCUT2D eigenvalue weighted by Crippen LogP contribution is 2.18. The largest absolute Gasteiger partial charge is 0.480 e. The van der Waals surface area contributed by atoms with Crippen molar-refractivity contribution < 1.29 is 9.53 Å². The molecule has 1 aromatic heterocycles. The number of methoxy groups -OCH3 is 1. The Bertz CT molecular complexity index is 373. The summed E-state index contributed by atoms with van der Waals surface area (Å²) in [6.07, 6.45) is 5.03. The van der Waals surface area contributed by atoms with Crippen molar-refractivity contribution in [3.8, 4) is 5.88 Å². The molecule has 0 aliphatic carbocycles. The Morgan fingerprint density at radius 1 is 1.38 bits per heavy atom. The van der Waals surface area contributed by atoms with Gasteiger partial charge in [-0.15, -0.1) is 0 Å². The van der Waals surface area contributed by atoms with Gasteiger partial charge in [0.15, 0.2) is 0 Å². The molecular formula is C12H16N2O2. The quantitative estimate of drug-likeness (QED) is 0.762. The molecule has 4 nitrogen and oxygen atoms in total. The minimum Gasteiger partial charge on any atom is -0.480 e. The lowest BCUT2D eigenvalue weighted by Gasteiger charge is -2.26. The fraction of sp³-hybridized carbons (Fsp3) is 0.500. The van der Waals surface area contributed by atoms with Gasteiger partial charge in [-0.25, -0.2) is 4.98 Å². The molecule has 0 atom stereocenters. The SMILES string of the molecule is COc1ncccc1C(=O)N1CCCCC1. The molecule has 86 valence electrons. The number of amides is 1. The maximum atomic E-state index is 12.2. The summed E-state index contributed by atoms with van der Waals surface area (Å²) in [5.74, 6) is 0.447. The molecule has 1 amide bonds. The summed E-state index contributed by atoms with van der Waals surface area (Å²) in [6.45, 7) is 1.69. The molecule has 0 unspecified atom stereocenters. The minimum absolute atomic E-state index is 0.0321. The van der Waals surface area contributed by atoms with E-state index in [4.69, 9.17) is 4.74 Å². The molecule has 0 N–H and O–H groups in total. The number of likely N-dealkylation sites (tertiary alicyclic amines) is 1. The van der Waals surface area contributed by atoms with Crippen LogP contribution in [0.3, 0.4) is 0 Å². The number of pyridine rings is 1. The predicted octanol–water partition coefficient (Wildman–Crippen LogP) is 1.72. The molecular weight excluding hydrogens is 204 g/mol. The van der Waals surface area contributed by atoms with Crippen molar-refractivity contribution in [2.24, 2.45) is 0 Å². The molecule has 2 rings (SSSR count). The molecule has 16 heavy (non-hydrogen) atoms. The lowest BCUT2D eigenvalue weighted by molar-refractivity contribution is 0.0720. The van der Waals surface area contributed by atoms with Crippen LogP contribution in [0.1, 0.15) is 29.6 Å². The fourth-order valence-electron chi connectivity index (χ4n) is 1.98. The summed E-state index contributed by atoms with van der Waals surface area (Å²) in [5, 5.41) is 0. The Morgan fingerprint density at radius 2 is 2.12 bits per heavy atom. The van der Waals surface area contributed by atoms with Gasteiger partial charge in [0.1, 0.15) is 5.56 Å². The van der Waals surface area contributed by atoms with Crippen molar-refractivity contribution in [3.05, 3.63) is 23.9 Å². The second-order valence-electron chi connectivity index (χ2n) is 3.91. The molecule has 2 heterocycles. The van der Waals surface area contributed by atoms with Crippen molar-refractivity contribution in [2.45, 2.75) is 19.3 Å². The van der Waals surface area contributed by atoms with Crippen LogP contribution in [0.5, 0.6) is 5.88 Å². The van der Waals surface area contributed by atoms with Gasteiger partial charge in [0.05, 0.1) is 7.11 Å². The first kappa shape index (κ1) is 10.9. The maximum Gasteiger partial charge on any atom is 0.259 e. The third kappa shape index (κ3) is 2.15. The zero-order valence-electron chi connectivity index (χ0n) is 9.48. The molecule has 0 saturated carbocycles. The van der Waals surface area contributed by atoms with Crippen molar-refractivity contribution in [1.82, 2.24) is 9.88 Å². The van der Waals surface area contributed by atoms with E-state index < -0.39 is 0 Å². The molecule has 1 aliphatic heterocycles. The molecule has 0 spiro atoms. The first-order chi connectivity index (χ1) is 7.83. The maximum absolute atomic E-state index is 12.2. The summed E-state index contributed by atoms with van der Waals surface area (Å²) in [6, 6.07) is 3.53. The number of nitrogens with zero attached hydrogens (tertiary/aromatic N) is 2. The van der Waals surface area contributed by atoms with Crippen LogP contribution in [-0.4, -0.2) is 36.0 Å². The Kier molecular flexibility index (Phi) is 3.39. The van der Waals surface area contributed by atoms with Crippen LogP contribution in [0.2, 0.25) is 0 Å². The van der Waals surface area contributed by atoms with Gasteiger partial charge in [0.2, 0.25) is 5.88 Å². The summed E-state index contributed by atoms with van der Waals surface area (Å²) in [4.78, 5) is 18.1. The van der Waals surface area contributed by atoms with Crippen LogP contribution in [0, 0.1) is 0 Å². The van der Waals surface area contributed by atoms with E-state index in [0.29, 0.717) is 11.4 Å². The molecule has 1 fully saturated rings. The molecule has 1 aromatic rings. The topological polar surface area (TPSA) is 42.4 Å². The van der Waals surface area contributed by atoms with E-state index in [-0.39, 0.29) is 5.91 Å². The lowest BCUT2D eigenvalue weighted by atomic mass is 10.1. The molecule has 0 radical (unpaired) electrons. The average Bonchev–Trinajstić information content (AvgIpc) is 2.39. The Labute approximate surface area is 95.2 Å². The van der Waals surface area contributed by atoms with Gasteiger partial charge in [-0.05, 0) is 31.4 Å². The van der Waals surface area contributed by atoms with Crippen LogP contribution in [-0.2, 0) is 0 Å². The third-order valence-electron chi connectivity index (χ3n) is 2.84. The van der Waals surface area contributed by atoms with E-state index in [2.05, 4.69) is 4.98 Å². The van der Waals surface area contributed by atoms with Crippen molar-refractivity contribution in [2.75, 3.05) is 20.2 Å². The van der Waals surface area contributed by atoms with Crippen LogP contribution in [0.15, 0.2) is 18.3 Å². The van der Waals surface area contributed by atoms with E-state index in [1.54, 1.807) is 18.3 Å². The van der Waals surface area contributed by atoms with Crippen LogP contribution in [0.25, 0.3) is 0 Å². The van der Waals surface area contributed by atoms with Gasteiger partial charge >= 0.3 is 0 Å². The van der Waals surface area contributed by atoms with Crippen LogP contribution in [0.4, 0.5) is 0 Å². The van der Waals surface area contributed by atoms with E-state index in [1.807, 2.05) is 4.90 Å². The van der Waals surface area contributed by atoms with Gasteiger partial charge in [0.25, 0.3) is 5.91 Å². The Hall–Kier alpha value is -1.58. The van der Waals surface area contributed by atoms with E-state index in [9.17, 15) is 4.79 Å². The van der Waals surface area contributed by atoms with Gasteiger partial charge in [-0.3, -0.25) is 4.79 Å². The smallest absolute Gasteiger partial charge is 0.259 e. The standard InChI is InChI=1S/C12H16N2O2/c1-16-11-10(6-5-7-13-11)12(15)14-8-3-2-4-9-14/h5-7H,2-4,8-9H2,1H3.